The van der Waals surface area contributed by atoms with Crippen molar-refractivity contribution in [3.8, 4) is 0 Å². The minimum atomic E-state index is -3.92. The topological polar surface area (TPSA) is 108 Å². The van der Waals surface area contributed by atoms with Crippen LogP contribution < -0.4 is 0 Å². The van der Waals surface area contributed by atoms with Crippen LogP contribution in [0.4, 0.5) is 5.95 Å². The lowest BCUT2D eigenvalue weighted by Crippen LogP contribution is -2.39. The van der Waals surface area contributed by atoms with Gasteiger partial charge in [0.2, 0.25) is 6.33 Å². The predicted molar refractivity (Wildman–Crippen MR) is 71.5 cm³/mol. The van der Waals surface area contributed by atoms with E-state index in [1.54, 1.807) is 19.9 Å². The molecule has 1 aliphatic rings. The first-order valence-electron chi connectivity index (χ1n) is 5.83. The summed E-state index contributed by atoms with van der Waals surface area (Å²) in [6.07, 6.45) is 4.69. The summed E-state index contributed by atoms with van der Waals surface area (Å²) in [5.74, 6) is -0.735. The highest BCUT2D eigenvalue weighted by atomic mass is 32.2. The predicted octanol–water partition coefficient (Wildman–Crippen LogP) is 1.42. The normalized spacial score (nSPS) is 23.1. The molecule has 0 N–H and O–H groups in total. The molecule has 1 unspecified atom stereocenters. The molecular weight excluding hydrogens is 284 g/mol. The number of nitro groups is 1. The maximum atomic E-state index is 12.6. The fourth-order valence-electron chi connectivity index (χ4n) is 2.39. The van der Waals surface area contributed by atoms with Crippen LogP contribution in [0.3, 0.4) is 0 Å². The second-order valence-electron chi connectivity index (χ2n) is 5.05. The van der Waals surface area contributed by atoms with Gasteiger partial charge in [0.05, 0.1) is 0 Å². The van der Waals surface area contributed by atoms with Crippen molar-refractivity contribution >= 4 is 16.0 Å². The zero-order chi connectivity index (χ0) is 15.1. The van der Waals surface area contributed by atoms with Crippen molar-refractivity contribution in [3.63, 3.8) is 0 Å². The second-order valence-corrected chi connectivity index (χ2v) is 7.30. The summed E-state index contributed by atoms with van der Waals surface area (Å²) in [4.78, 5) is 13.1. The number of nitrogens with zero attached hydrogens (tertiary/aromatic N) is 4. The molecule has 0 saturated heterocycles. The van der Waals surface area contributed by atoms with Gasteiger partial charge in [0, 0.05) is 5.10 Å². The van der Waals surface area contributed by atoms with Crippen molar-refractivity contribution < 1.29 is 13.3 Å². The molecule has 0 aliphatic heterocycles. The third kappa shape index (κ3) is 2.24. The molecule has 1 atom stereocenters. The van der Waals surface area contributed by atoms with Gasteiger partial charge in [-0.15, -0.1) is 0 Å². The molecule has 0 bridgehead atoms. The van der Waals surface area contributed by atoms with Gasteiger partial charge < -0.3 is 10.1 Å². The molecule has 2 rings (SSSR count). The van der Waals surface area contributed by atoms with E-state index in [9.17, 15) is 18.5 Å². The van der Waals surface area contributed by atoms with Crippen molar-refractivity contribution in [2.45, 2.75) is 31.9 Å². The van der Waals surface area contributed by atoms with E-state index in [0.29, 0.717) is 10.5 Å². The fourth-order valence-corrected chi connectivity index (χ4v) is 3.91. The van der Waals surface area contributed by atoms with E-state index in [-0.39, 0.29) is 0 Å². The Labute approximate surface area is 116 Å². The summed E-state index contributed by atoms with van der Waals surface area (Å²) in [5.41, 5.74) is 1.75. The van der Waals surface area contributed by atoms with Gasteiger partial charge in [-0.05, 0) is 37.1 Å². The maximum absolute atomic E-state index is 12.6. The van der Waals surface area contributed by atoms with Gasteiger partial charge in [0.25, 0.3) is 10.0 Å². The van der Waals surface area contributed by atoms with Gasteiger partial charge in [-0.1, -0.05) is 27.4 Å². The highest BCUT2D eigenvalue weighted by Gasteiger charge is 2.43. The number of rotatable bonds is 3. The standard InChI is InChI=1S/C11H14N4O4S/c1-8-4-9(2)6-11(3,5-8)20(18,19)14-7-12-10(13-14)15(16)17/h4-5,7H,6H2,1-3H3. The van der Waals surface area contributed by atoms with Crippen molar-refractivity contribution in [1.82, 2.24) is 14.2 Å². The molecule has 20 heavy (non-hydrogen) atoms. The van der Waals surface area contributed by atoms with E-state index in [4.69, 9.17) is 0 Å². The van der Waals surface area contributed by atoms with Crippen molar-refractivity contribution in [3.05, 3.63) is 39.7 Å². The average Bonchev–Trinajstić information content (AvgIpc) is 2.76. The second kappa shape index (κ2) is 4.51. The first kappa shape index (κ1) is 14.4. The van der Waals surface area contributed by atoms with Crippen LogP contribution in [0.15, 0.2) is 29.6 Å². The molecule has 0 radical (unpaired) electrons. The molecule has 0 fully saturated rings. The Morgan fingerprint density at radius 3 is 2.60 bits per heavy atom. The van der Waals surface area contributed by atoms with E-state index in [1.807, 2.05) is 13.0 Å². The first-order valence-corrected chi connectivity index (χ1v) is 7.27. The molecular formula is C11H14N4O4S. The highest BCUT2D eigenvalue weighted by molar-refractivity contribution is 7.91. The van der Waals surface area contributed by atoms with Crippen LogP contribution in [0, 0.1) is 10.1 Å². The number of hydrogen-bond acceptors (Lipinski definition) is 6. The van der Waals surface area contributed by atoms with Crippen molar-refractivity contribution in [2.75, 3.05) is 0 Å². The van der Waals surface area contributed by atoms with Crippen LogP contribution in [0.25, 0.3) is 0 Å². The van der Waals surface area contributed by atoms with E-state index >= 15 is 0 Å². The molecule has 0 amide bonds. The van der Waals surface area contributed by atoms with Gasteiger partial charge in [0.1, 0.15) is 4.75 Å². The summed E-state index contributed by atoms with van der Waals surface area (Å²) in [6.45, 7) is 5.21. The minimum absolute atomic E-state index is 0.306. The number of allylic oxidation sites excluding steroid dienone is 3. The zero-order valence-electron chi connectivity index (χ0n) is 11.3. The summed E-state index contributed by atoms with van der Waals surface area (Å²) < 4.78 is 24.6. The smallest absolute Gasteiger partial charge is 0.390 e. The highest BCUT2D eigenvalue weighted by Crippen LogP contribution is 2.33. The van der Waals surface area contributed by atoms with Gasteiger partial charge >= 0.3 is 5.95 Å². The molecule has 108 valence electrons. The van der Waals surface area contributed by atoms with E-state index in [1.165, 1.54) is 0 Å². The number of aromatic nitrogens is 3. The fraction of sp³-hybridized carbons (Fsp3) is 0.455. The lowest BCUT2D eigenvalue weighted by molar-refractivity contribution is -0.394. The van der Waals surface area contributed by atoms with Crippen LogP contribution in [0.5, 0.6) is 0 Å². The Kier molecular flexibility index (Phi) is 3.24. The number of hydrogen-bond donors (Lipinski definition) is 0. The van der Waals surface area contributed by atoms with Gasteiger partial charge in [-0.2, -0.15) is 0 Å². The van der Waals surface area contributed by atoms with Gasteiger partial charge in [0.15, 0.2) is 0 Å². The van der Waals surface area contributed by atoms with Crippen LogP contribution in [-0.4, -0.2) is 32.3 Å². The zero-order valence-corrected chi connectivity index (χ0v) is 12.1. The van der Waals surface area contributed by atoms with E-state index < -0.39 is 25.6 Å². The quantitative estimate of drug-likeness (QED) is 0.616. The summed E-state index contributed by atoms with van der Waals surface area (Å²) in [7, 11) is -3.92. The van der Waals surface area contributed by atoms with Crippen LogP contribution in [0.2, 0.25) is 0 Å². The van der Waals surface area contributed by atoms with Gasteiger partial charge in [-0.25, -0.2) is 8.42 Å². The van der Waals surface area contributed by atoms with Crippen molar-refractivity contribution in [1.29, 1.82) is 0 Å². The molecule has 1 heterocycles. The van der Waals surface area contributed by atoms with E-state index in [0.717, 1.165) is 17.5 Å². The van der Waals surface area contributed by atoms with Crippen LogP contribution >= 0.6 is 0 Å². The largest absolute Gasteiger partial charge is 0.491 e. The van der Waals surface area contributed by atoms with E-state index in [2.05, 4.69) is 10.1 Å². The molecule has 0 aromatic carbocycles. The Morgan fingerprint density at radius 1 is 1.45 bits per heavy atom. The molecule has 1 aromatic rings. The van der Waals surface area contributed by atoms with Crippen LogP contribution in [-0.2, 0) is 10.0 Å². The third-order valence-electron chi connectivity index (χ3n) is 3.10. The molecule has 0 spiro atoms. The Morgan fingerprint density at radius 2 is 2.10 bits per heavy atom. The van der Waals surface area contributed by atoms with Crippen molar-refractivity contribution in [2.24, 2.45) is 0 Å². The third-order valence-corrected chi connectivity index (χ3v) is 5.20. The lowest BCUT2D eigenvalue weighted by atomic mass is 9.92. The molecule has 1 aliphatic carbocycles. The van der Waals surface area contributed by atoms with Gasteiger partial charge in [-0.3, -0.25) is 0 Å². The molecule has 9 heteroatoms. The Hall–Kier alpha value is -2.03. The summed E-state index contributed by atoms with van der Waals surface area (Å²) >= 11 is 0. The molecule has 1 aromatic heterocycles. The SMILES string of the molecule is CC1=CC(C)(S(=O)(=O)n2cnc([N+](=O)[O-])n2)CC(C)=C1. The Balaban J connectivity index is 2.49. The minimum Gasteiger partial charge on any atom is -0.390 e. The van der Waals surface area contributed by atoms with Crippen LogP contribution in [0.1, 0.15) is 27.2 Å². The lowest BCUT2D eigenvalue weighted by Gasteiger charge is -2.28. The Bertz CT molecular complexity index is 731. The first-order chi connectivity index (χ1) is 9.15. The summed E-state index contributed by atoms with van der Waals surface area (Å²) in [5, 5.41) is 14.0. The maximum Gasteiger partial charge on any atom is 0.491 e. The monoisotopic (exact) mass is 298 g/mol. The summed E-state index contributed by atoms with van der Waals surface area (Å²) in [6, 6.07) is 0. The average molecular weight is 298 g/mol. The molecule has 8 nitrogen and oxygen atoms in total. The molecule has 0 saturated carbocycles.